The Balaban J connectivity index is 2.26. The van der Waals surface area contributed by atoms with Crippen molar-refractivity contribution in [2.75, 3.05) is 5.75 Å². The SMILES string of the molecule is CC(C)(C)SCC(O)Cn1ccnc1. The molecule has 0 radical (unpaired) electrons. The Labute approximate surface area is 89.5 Å². The first kappa shape index (κ1) is 11.6. The summed E-state index contributed by atoms with van der Waals surface area (Å²) in [5, 5.41) is 9.71. The lowest BCUT2D eigenvalue weighted by Crippen LogP contribution is -2.21. The van der Waals surface area contributed by atoms with Gasteiger partial charge in [-0.15, -0.1) is 0 Å². The van der Waals surface area contributed by atoms with Gasteiger partial charge in [-0.05, 0) is 0 Å². The molecule has 0 aliphatic heterocycles. The van der Waals surface area contributed by atoms with Crippen LogP contribution in [0.4, 0.5) is 0 Å². The first-order valence-corrected chi connectivity index (χ1v) is 5.74. The topological polar surface area (TPSA) is 38.0 Å². The summed E-state index contributed by atoms with van der Waals surface area (Å²) in [5.41, 5.74) is 0. The first-order chi connectivity index (χ1) is 6.47. The van der Waals surface area contributed by atoms with E-state index in [4.69, 9.17) is 0 Å². The highest BCUT2D eigenvalue weighted by atomic mass is 32.2. The molecule has 0 fully saturated rings. The summed E-state index contributed by atoms with van der Waals surface area (Å²) in [6.45, 7) is 7.09. The van der Waals surface area contributed by atoms with Crippen molar-refractivity contribution in [2.24, 2.45) is 0 Å². The lowest BCUT2D eigenvalue weighted by Gasteiger charge is -2.20. The van der Waals surface area contributed by atoms with E-state index in [0.29, 0.717) is 6.54 Å². The molecule has 1 rings (SSSR count). The number of hydrogen-bond donors (Lipinski definition) is 1. The van der Waals surface area contributed by atoms with Gasteiger partial charge in [0.2, 0.25) is 0 Å². The summed E-state index contributed by atoms with van der Waals surface area (Å²) in [6, 6.07) is 0. The maximum atomic E-state index is 9.71. The van der Waals surface area contributed by atoms with E-state index in [-0.39, 0.29) is 10.9 Å². The van der Waals surface area contributed by atoms with Crippen LogP contribution >= 0.6 is 11.8 Å². The van der Waals surface area contributed by atoms with Gasteiger partial charge in [0.25, 0.3) is 0 Å². The number of imidazole rings is 1. The van der Waals surface area contributed by atoms with Gasteiger partial charge >= 0.3 is 0 Å². The van der Waals surface area contributed by atoms with Crippen molar-refractivity contribution in [1.82, 2.24) is 9.55 Å². The van der Waals surface area contributed by atoms with E-state index in [1.54, 1.807) is 24.3 Å². The molecule has 1 N–H and O–H groups in total. The van der Waals surface area contributed by atoms with Crippen LogP contribution in [-0.2, 0) is 6.54 Å². The molecule has 0 bridgehead atoms. The maximum Gasteiger partial charge on any atom is 0.0946 e. The van der Waals surface area contributed by atoms with Crippen molar-refractivity contribution >= 4 is 11.8 Å². The Morgan fingerprint density at radius 3 is 2.71 bits per heavy atom. The van der Waals surface area contributed by atoms with Gasteiger partial charge in [0.1, 0.15) is 0 Å². The Hall–Kier alpha value is -0.480. The molecule has 0 aliphatic rings. The van der Waals surface area contributed by atoms with E-state index < -0.39 is 0 Å². The van der Waals surface area contributed by atoms with Gasteiger partial charge in [-0.25, -0.2) is 4.98 Å². The molecule has 4 heteroatoms. The molecule has 1 aromatic heterocycles. The summed E-state index contributed by atoms with van der Waals surface area (Å²) in [6.07, 6.45) is 5.02. The van der Waals surface area contributed by atoms with E-state index in [2.05, 4.69) is 25.8 Å². The number of aromatic nitrogens is 2. The molecule has 1 atom stereocenters. The number of aliphatic hydroxyl groups excluding tert-OH is 1. The summed E-state index contributed by atoms with van der Waals surface area (Å²) in [5.74, 6) is 0.766. The number of thioether (sulfide) groups is 1. The third-order valence-electron chi connectivity index (χ3n) is 1.69. The van der Waals surface area contributed by atoms with Gasteiger partial charge < -0.3 is 9.67 Å². The predicted octanol–water partition coefficient (Wildman–Crippen LogP) is 1.78. The Bertz CT molecular complexity index is 254. The van der Waals surface area contributed by atoms with Crippen LogP contribution in [0.3, 0.4) is 0 Å². The second kappa shape index (κ2) is 4.84. The van der Waals surface area contributed by atoms with Crippen LogP contribution in [0.2, 0.25) is 0 Å². The third-order valence-corrected chi connectivity index (χ3v) is 3.11. The highest BCUT2D eigenvalue weighted by Crippen LogP contribution is 2.23. The fourth-order valence-electron chi connectivity index (χ4n) is 1.04. The van der Waals surface area contributed by atoms with E-state index >= 15 is 0 Å². The molecular weight excluding hydrogens is 196 g/mol. The second-order valence-corrected chi connectivity index (χ2v) is 6.18. The zero-order valence-electron chi connectivity index (χ0n) is 8.97. The Morgan fingerprint density at radius 1 is 1.50 bits per heavy atom. The van der Waals surface area contributed by atoms with Crippen LogP contribution in [0.1, 0.15) is 20.8 Å². The van der Waals surface area contributed by atoms with Crippen LogP contribution < -0.4 is 0 Å². The van der Waals surface area contributed by atoms with Crippen molar-refractivity contribution in [3.63, 3.8) is 0 Å². The lowest BCUT2D eigenvalue weighted by molar-refractivity contribution is 0.178. The molecule has 1 aromatic rings. The van der Waals surface area contributed by atoms with Gasteiger partial charge in [0.15, 0.2) is 0 Å². The van der Waals surface area contributed by atoms with Gasteiger partial charge in [-0.3, -0.25) is 0 Å². The van der Waals surface area contributed by atoms with Gasteiger partial charge in [-0.1, -0.05) is 20.8 Å². The molecule has 80 valence electrons. The van der Waals surface area contributed by atoms with Crippen molar-refractivity contribution in [3.8, 4) is 0 Å². The number of rotatable bonds is 4. The fourth-order valence-corrected chi connectivity index (χ4v) is 1.83. The lowest BCUT2D eigenvalue weighted by atomic mass is 10.3. The zero-order chi connectivity index (χ0) is 10.6. The van der Waals surface area contributed by atoms with Gasteiger partial charge in [0.05, 0.1) is 19.0 Å². The highest BCUT2D eigenvalue weighted by molar-refractivity contribution is 8.00. The molecule has 0 aliphatic carbocycles. The van der Waals surface area contributed by atoms with Crippen LogP contribution in [-0.4, -0.2) is 31.3 Å². The van der Waals surface area contributed by atoms with Crippen molar-refractivity contribution in [1.29, 1.82) is 0 Å². The van der Waals surface area contributed by atoms with Crippen LogP contribution in [0.5, 0.6) is 0 Å². The van der Waals surface area contributed by atoms with Crippen molar-refractivity contribution in [2.45, 2.75) is 38.2 Å². The second-order valence-electron chi connectivity index (χ2n) is 4.34. The average Bonchev–Trinajstić information content (AvgIpc) is 2.52. The minimum absolute atomic E-state index is 0.218. The number of hydrogen-bond acceptors (Lipinski definition) is 3. The third kappa shape index (κ3) is 4.67. The van der Waals surface area contributed by atoms with E-state index in [0.717, 1.165) is 5.75 Å². The van der Waals surface area contributed by atoms with E-state index in [1.165, 1.54) is 0 Å². The van der Waals surface area contributed by atoms with Crippen molar-refractivity contribution in [3.05, 3.63) is 18.7 Å². The quantitative estimate of drug-likeness (QED) is 0.830. The molecule has 0 saturated heterocycles. The summed E-state index contributed by atoms with van der Waals surface area (Å²) >= 11 is 1.78. The van der Waals surface area contributed by atoms with Gasteiger partial charge in [0, 0.05) is 22.9 Å². The molecule has 1 unspecified atom stereocenters. The van der Waals surface area contributed by atoms with Gasteiger partial charge in [-0.2, -0.15) is 11.8 Å². The maximum absolute atomic E-state index is 9.71. The molecule has 3 nitrogen and oxygen atoms in total. The molecule has 0 spiro atoms. The monoisotopic (exact) mass is 214 g/mol. The van der Waals surface area contributed by atoms with Crippen molar-refractivity contribution < 1.29 is 5.11 Å². The summed E-state index contributed by atoms with van der Waals surface area (Å²) in [4.78, 5) is 3.93. The molecule has 0 aromatic carbocycles. The first-order valence-electron chi connectivity index (χ1n) is 4.75. The largest absolute Gasteiger partial charge is 0.390 e. The minimum atomic E-state index is -0.298. The fraction of sp³-hybridized carbons (Fsp3) is 0.700. The van der Waals surface area contributed by atoms with Crippen LogP contribution in [0, 0.1) is 0 Å². The number of nitrogens with zero attached hydrogens (tertiary/aromatic N) is 2. The highest BCUT2D eigenvalue weighted by Gasteiger charge is 2.13. The minimum Gasteiger partial charge on any atom is -0.390 e. The van der Waals surface area contributed by atoms with E-state index in [9.17, 15) is 5.11 Å². The van der Waals surface area contributed by atoms with E-state index in [1.807, 2.05) is 10.8 Å². The summed E-state index contributed by atoms with van der Waals surface area (Å²) in [7, 11) is 0. The average molecular weight is 214 g/mol. The zero-order valence-corrected chi connectivity index (χ0v) is 9.79. The molecule has 1 heterocycles. The number of aliphatic hydroxyl groups is 1. The smallest absolute Gasteiger partial charge is 0.0946 e. The Morgan fingerprint density at radius 2 is 2.21 bits per heavy atom. The standard InChI is InChI=1S/C10H18N2OS/c1-10(2,3)14-7-9(13)6-12-5-4-11-8-12/h4-5,8-9,13H,6-7H2,1-3H3. The Kier molecular flexibility index (Phi) is 4.01. The predicted molar refractivity (Wildman–Crippen MR) is 60.4 cm³/mol. The van der Waals surface area contributed by atoms with Crippen LogP contribution in [0.15, 0.2) is 18.7 Å². The molecule has 14 heavy (non-hydrogen) atoms. The normalized spacial score (nSPS) is 14.3. The molecular formula is C10H18N2OS. The molecule has 0 amide bonds. The summed E-state index contributed by atoms with van der Waals surface area (Å²) < 4.78 is 2.11. The molecule has 0 saturated carbocycles. The van der Waals surface area contributed by atoms with Crippen LogP contribution in [0.25, 0.3) is 0 Å².